The molecule has 2 fully saturated rings. The van der Waals surface area contributed by atoms with Crippen molar-refractivity contribution in [2.24, 2.45) is 5.92 Å². The van der Waals surface area contributed by atoms with Gasteiger partial charge in [-0.25, -0.2) is 9.18 Å². The monoisotopic (exact) mass is 386 g/mol. The number of urea groups is 1. The zero-order valence-electron chi connectivity index (χ0n) is 15.6. The molecule has 0 unspecified atom stereocenters. The summed E-state index contributed by atoms with van der Waals surface area (Å²) in [7, 11) is 0. The van der Waals surface area contributed by atoms with Crippen LogP contribution < -0.4 is 4.90 Å². The third-order valence-electron chi connectivity index (χ3n) is 5.71. The number of hydrogen-bond acceptors (Lipinski definition) is 1. The lowest BCUT2D eigenvalue weighted by Crippen LogP contribution is -2.38. The van der Waals surface area contributed by atoms with Crippen LogP contribution in [0.5, 0.6) is 0 Å². The maximum absolute atomic E-state index is 14.6. The highest BCUT2D eigenvalue weighted by Gasteiger charge is 2.54. The molecule has 1 heterocycles. The first kappa shape index (κ1) is 18.3. The molecule has 1 aliphatic carbocycles. The van der Waals surface area contributed by atoms with E-state index in [1.807, 2.05) is 40.1 Å². The Balaban J connectivity index is 1.80. The van der Waals surface area contributed by atoms with Crippen molar-refractivity contribution in [2.75, 3.05) is 11.4 Å². The second-order valence-corrected chi connectivity index (χ2v) is 8.32. The van der Waals surface area contributed by atoms with Gasteiger partial charge in [-0.2, -0.15) is 0 Å². The summed E-state index contributed by atoms with van der Waals surface area (Å²) in [5.41, 5.74) is 1.41. The molecule has 1 saturated heterocycles. The Hall–Kier alpha value is -2.07. The molecule has 2 aromatic carbocycles. The van der Waals surface area contributed by atoms with Crippen LogP contribution in [0.15, 0.2) is 48.5 Å². The Morgan fingerprint density at radius 1 is 1.11 bits per heavy atom. The predicted octanol–water partition coefficient (Wildman–Crippen LogP) is 5.69. The van der Waals surface area contributed by atoms with E-state index in [9.17, 15) is 9.18 Å². The van der Waals surface area contributed by atoms with Gasteiger partial charge in [-0.1, -0.05) is 55.8 Å². The fourth-order valence-electron chi connectivity index (χ4n) is 4.69. The molecule has 2 amide bonds. The molecule has 0 spiro atoms. The number of amides is 2. The highest BCUT2D eigenvalue weighted by molar-refractivity contribution is 6.33. The average molecular weight is 387 g/mol. The van der Waals surface area contributed by atoms with Gasteiger partial charge in [0.1, 0.15) is 5.82 Å². The van der Waals surface area contributed by atoms with Crippen LogP contribution in [0, 0.1) is 11.7 Å². The minimum absolute atomic E-state index is 0.0205. The van der Waals surface area contributed by atoms with E-state index in [-0.39, 0.29) is 29.8 Å². The smallest absolute Gasteiger partial charge is 0.319 e. The maximum atomic E-state index is 14.6. The van der Waals surface area contributed by atoms with Gasteiger partial charge in [-0.3, -0.25) is 4.90 Å². The molecule has 0 radical (unpaired) electrons. The van der Waals surface area contributed by atoms with Crippen LogP contribution in [0.2, 0.25) is 5.02 Å². The van der Waals surface area contributed by atoms with E-state index >= 15 is 0 Å². The van der Waals surface area contributed by atoms with Crippen molar-refractivity contribution in [2.45, 2.75) is 44.7 Å². The molecular weight excluding hydrogens is 363 g/mol. The molecule has 0 bridgehead atoms. The predicted molar refractivity (Wildman–Crippen MR) is 107 cm³/mol. The minimum Gasteiger partial charge on any atom is -0.319 e. The van der Waals surface area contributed by atoms with Gasteiger partial charge >= 0.3 is 6.03 Å². The van der Waals surface area contributed by atoms with Gasteiger partial charge in [-0.15, -0.1) is 0 Å². The summed E-state index contributed by atoms with van der Waals surface area (Å²) in [6.45, 7) is 4.93. The fourth-order valence-corrected chi connectivity index (χ4v) is 4.92. The molecule has 2 aromatic rings. The molecule has 142 valence electrons. The molecule has 4 rings (SSSR count). The number of benzene rings is 2. The SMILES string of the molecule is CC(C)CN1C(=O)N(c2ccccc2Cl)[C@@H]2[C@H](c3ccccc3F)CC[C@@H]21. The number of hydrogen-bond donors (Lipinski definition) is 0. The van der Waals surface area contributed by atoms with E-state index in [0.717, 1.165) is 12.8 Å². The zero-order chi connectivity index (χ0) is 19.1. The molecule has 3 atom stereocenters. The molecule has 5 heteroatoms. The van der Waals surface area contributed by atoms with E-state index in [4.69, 9.17) is 11.6 Å². The Bertz CT molecular complexity index is 856. The Labute approximate surface area is 164 Å². The summed E-state index contributed by atoms with van der Waals surface area (Å²) in [5, 5.41) is 0.551. The summed E-state index contributed by atoms with van der Waals surface area (Å²) in [5.74, 6) is 0.138. The summed E-state index contributed by atoms with van der Waals surface area (Å²) >= 11 is 6.45. The second kappa shape index (κ2) is 7.16. The average Bonchev–Trinajstić information content (AvgIpc) is 3.16. The van der Waals surface area contributed by atoms with Crippen molar-refractivity contribution in [1.29, 1.82) is 0 Å². The third kappa shape index (κ3) is 3.10. The quantitative estimate of drug-likeness (QED) is 0.661. The van der Waals surface area contributed by atoms with Crippen LogP contribution in [-0.2, 0) is 0 Å². The first-order valence-corrected chi connectivity index (χ1v) is 9.95. The van der Waals surface area contributed by atoms with Gasteiger partial charge < -0.3 is 4.90 Å². The van der Waals surface area contributed by atoms with Crippen LogP contribution in [-0.4, -0.2) is 29.6 Å². The number of fused-ring (bicyclic) bond motifs is 1. The van der Waals surface area contributed by atoms with Crippen molar-refractivity contribution in [3.8, 4) is 0 Å². The lowest BCUT2D eigenvalue weighted by Gasteiger charge is -2.29. The van der Waals surface area contributed by atoms with E-state index in [1.54, 1.807) is 12.1 Å². The normalized spacial score (nSPS) is 24.8. The summed E-state index contributed by atoms with van der Waals surface area (Å²) in [4.78, 5) is 17.2. The lowest BCUT2D eigenvalue weighted by atomic mass is 9.92. The van der Waals surface area contributed by atoms with Crippen molar-refractivity contribution in [3.63, 3.8) is 0 Å². The van der Waals surface area contributed by atoms with E-state index in [1.165, 1.54) is 6.07 Å². The number of rotatable bonds is 4. The molecule has 0 aromatic heterocycles. The molecular formula is C22H24ClFN2O. The first-order valence-electron chi connectivity index (χ1n) is 9.58. The summed E-state index contributed by atoms with van der Waals surface area (Å²) < 4.78 is 14.6. The Morgan fingerprint density at radius 3 is 2.52 bits per heavy atom. The number of halogens is 2. The van der Waals surface area contributed by atoms with Gasteiger partial charge in [0.05, 0.1) is 22.8 Å². The van der Waals surface area contributed by atoms with Gasteiger partial charge in [-0.05, 0) is 42.5 Å². The number of carbonyl (C=O) groups is 1. The van der Waals surface area contributed by atoms with Crippen molar-refractivity contribution < 1.29 is 9.18 Å². The summed E-state index contributed by atoms with van der Waals surface area (Å²) in [6.07, 6.45) is 1.74. The third-order valence-corrected chi connectivity index (χ3v) is 6.03. The molecule has 2 aliphatic rings. The first-order chi connectivity index (χ1) is 13.0. The fraction of sp³-hybridized carbons (Fsp3) is 0.409. The van der Waals surface area contributed by atoms with Crippen molar-refractivity contribution >= 4 is 23.3 Å². The van der Waals surface area contributed by atoms with Gasteiger partial charge in [0.15, 0.2) is 0 Å². The summed E-state index contributed by atoms with van der Waals surface area (Å²) in [6, 6.07) is 14.3. The van der Waals surface area contributed by atoms with Gasteiger partial charge in [0.2, 0.25) is 0 Å². The van der Waals surface area contributed by atoms with Crippen molar-refractivity contribution in [1.82, 2.24) is 4.90 Å². The second-order valence-electron chi connectivity index (χ2n) is 7.91. The van der Waals surface area contributed by atoms with Crippen LogP contribution in [0.1, 0.15) is 38.2 Å². The Morgan fingerprint density at radius 2 is 1.81 bits per heavy atom. The van der Waals surface area contributed by atoms with Crippen molar-refractivity contribution in [3.05, 3.63) is 64.9 Å². The van der Waals surface area contributed by atoms with Crippen LogP contribution in [0.25, 0.3) is 0 Å². The molecule has 1 aliphatic heterocycles. The topological polar surface area (TPSA) is 23.6 Å². The zero-order valence-corrected chi connectivity index (χ0v) is 16.4. The number of nitrogens with zero attached hydrogens (tertiary/aromatic N) is 2. The van der Waals surface area contributed by atoms with Crippen LogP contribution in [0.4, 0.5) is 14.9 Å². The molecule has 0 N–H and O–H groups in total. The van der Waals surface area contributed by atoms with E-state index in [0.29, 0.717) is 28.7 Å². The molecule has 27 heavy (non-hydrogen) atoms. The van der Waals surface area contributed by atoms with Crippen LogP contribution >= 0.6 is 11.6 Å². The van der Waals surface area contributed by atoms with E-state index < -0.39 is 0 Å². The standard InChI is InChI=1S/C22H24ClFN2O/c1-14(2)13-25-20-12-11-16(15-7-3-5-9-18(15)24)21(20)26(22(25)27)19-10-6-4-8-17(19)23/h3-10,14,16,20-21H,11-13H2,1-2H3/t16-,20-,21+/m0/s1. The molecule has 3 nitrogen and oxygen atoms in total. The number of carbonyl (C=O) groups excluding carboxylic acids is 1. The van der Waals surface area contributed by atoms with Gasteiger partial charge in [0.25, 0.3) is 0 Å². The highest BCUT2D eigenvalue weighted by atomic mass is 35.5. The largest absolute Gasteiger partial charge is 0.325 e. The maximum Gasteiger partial charge on any atom is 0.325 e. The Kier molecular flexibility index (Phi) is 4.85. The van der Waals surface area contributed by atoms with E-state index in [2.05, 4.69) is 13.8 Å². The molecule has 1 saturated carbocycles. The minimum atomic E-state index is -0.197. The van der Waals surface area contributed by atoms with Crippen LogP contribution in [0.3, 0.4) is 0 Å². The lowest BCUT2D eigenvalue weighted by molar-refractivity contribution is 0.195. The highest BCUT2D eigenvalue weighted by Crippen LogP contribution is 2.48. The number of para-hydroxylation sites is 1. The van der Waals surface area contributed by atoms with Gasteiger partial charge in [0, 0.05) is 12.5 Å². The number of anilines is 1.